The lowest BCUT2D eigenvalue weighted by atomic mass is 10.3. The molecule has 0 saturated carbocycles. The number of anilines is 1. The lowest BCUT2D eigenvalue weighted by Crippen LogP contribution is -2.14. The molecule has 1 heterocycles. The second-order valence-electron chi connectivity index (χ2n) is 4.14. The van der Waals surface area contributed by atoms with Crippen LogP contribution in [-0.4, -0.2) is 25.6 Å². The van der Waals surface area contributed by atoms with E-state index in [1.807, 2.05) is 14.1 Å². The fourth-order valence-electron chi connectivity index (χ4n) is 1.48. The third kappa shape index (κ3) is 3.76. The summed E-state index contributed by atoms with van der Waals surface area (Å²) in [4.78, 5) is 8.11. The Bertz CT molecular complexity index is 307. The van der Waals surface area contributed by atoms with Crippen molar-refractivity contribution in [2.75, 3.05) is 25.5 Å². The lowest BCUT2D eigenvalue weighted by Gasteiger charge is -2.05. The van der Waals surface area contributed by atoms with Gasteiger partial charge in [0.05, 0.1) is 5.69 Å². The van der Waals surface area contributed by atoms with E-state index in [2.05, 4.69) is 29.0 Å². The van der Waals surface area contributed by atoms with Gasteiger partial charge >= 0.3 is 0 Å². The van der Waals surface area contributed by atoms with Gasteiger partial charge in [0.1, 0.15) is 0 Å². The first kappa shape index (κ1) is 13.5. The van der Waals surface area contributed by atoms with Crippen LogP contribution in [0.15, 0.2) is 0 Å². The van der Waals surface area contributed by atoms with Crippen molar-refractivity contribution < 1.29 is 0 Å². The number of unbranched alkanes of at least 4 members (excludes halogenated alkanes) is 1. The van der Waals surface area contributed by atoms with Crippen LogP contribution < -0.4 is 10.2 Å². The van der Waals surface area contributed by atoms with Crippen LogP contribution in [0.25, 0.3) is 0 Å². The van der Waals surface area contributed by atoms with Crippen molar-refractivity contribution in [1.82, 2.24) is 10.3 Å². The van der Waals surface area contributed by atoms with E-state index in [1.165, 1.54) is 23.4 Å². The van der Waals surface area contributed by atoms with Crippen LogP contribution in [0.3, 0.4) is 0 Å². The van der Waals surface area contributed by atoms with Crippen molar-refractivity contribution in [1.29, 1.82) is 0 Å². The number of aromatic nitrogens is 1. The number of nitrogens with one attached hydrogen (secondary N) is 1. The SMILES string of the molecule is CCCCNCc1sc(N(C)C)nc1CC. The quantitative estimate of drug-likeness (QED) is 0.744. The number of hydrogen-bond acceptors (Lipinski definition) is 4. The largest absolute Gasteiger partial charge is 0.354 e. The average Bonchev–Trinajstić information content (AvgIpc) is 2.68. The number of nitrogens with zero attached hydrogens (tertiary/aromatic N) is 2. The highest BCUT2D eigenvalue weighted by Gasteiger charge is 2.10. The van der Waals surface area contributed by atoms with E-state index in [-0.39, 0.29) is 0 Å². The third-order valence-corrected chi connectivity index (χ3v) is 3.74. The van der Waals surface area contributed by atoms with Crippen LogP contribution in [0.2, 0.25) is 0 Å². The Kier molecular flexibility index (Phi) is 5.77. The Morgan fingerprint density at radius 3 is 2.62 bits per heavy atom. The molecule has 1 aromatic heterocycles. The first-order valence-electron chi connectivity index (χ1n) is 6.05. The number of aryl methyl sites for hydroxylation is 1. The highest BCUT2D eigenvalue weighted by atomic mass is 32.1. The standard InChI is InChI=1S/C12H23N3S/c1-5-7-8-13-9-11-10(6-2)14-12(16-11)15(3)4/h13H,5-9H2,1-4H3. The maximum atomic E-state index is 4.63. The molecule has 0 aromatic carbocycles. The molecule has 0 bridgehead atoms. The summed E-state index contributed by atoms with van der Waals surface area (Å²) in [5.41, 5.74) is 1.25. The van der Waals surface area contributed by atoms with Gasteiger partial charge in [-0.15, -0.1) is 11.3 Å². The van der Waals surface area contributed by atoms with E-state index in [0.717, 1.165) is 24.6 Å². The summed E-state index contributed by atoms with van der Waals surface area (Å²) in [6.45, 7) is 6.46. The summed E-state index contributed by atoms with van der Waals surface area (Å²) < 4.78 is 0. The molecule has 0 atom stereocenters. The maximum absolute atomic E-state index is 4.63. The van der Waals surface area contributed by atoms with Gasteiger partial charge in [-0.1, -0.05) is 20.3 Å². The van der Waals surface area contributed by atoms with Crippen LogP contribution >= 0.6 is 11.3 Å². The summed E-state index contributed by atoms with van der Waals surface area (Å²) in [5.74, 6) is 0. The van der Waals surface area contributed by atoms with E-state index in [4.69, 9.17) is 0 Å². The molecule has 1 aromatic rings. The Labute approximate surface area is 103 Å². The Morgan fingerprint density at radius 2 is 2.06 bits per heavy atom. The van der Waals surface area contributed by atoms with Crippen LogP contribution in [0.5, 0.6) is 0 Å². The molecular weight excluding hydrogens is 218 g/mol. The van der Waals surface area contributed by atoms with Crippen LogP contribution in [0, 0.1) is 0 Å². The Morgan fingerprint density at radius 1 is 1.31 bits per heavy atom. The molecule has 0 radical (unpaired) electrons. The van der Waals surface area contributed by atoms with E-state index in [9.17, 15) is 0 Å². The molecule has 0 amide bonds. The van der Waals surface area contributed by atoms with Crippen molar-refractivity contribution in [3.05, 3.63) is 10.6 Å². The molecule has 4 heteroatoms. The topological polar surface area (TPSA) is 28.2 Å². The van der Waals surface area contributed by atoms with Gasteiger partial charge in [0.25, 0.3) is 0 Å². The highest BCUT2D eigenvalue weighted by Crippen LogP contribution is 2.25. The number of hydrogen-bond donors (Lipinski definition) is 1. The molecule has 0 spiro atoms. The molecule has 0 aliphatic carbocycles. The van der Waals surface area contributed by atoms with Gasteiger partial charge in [-0.05, 0) is 19.4 Å². The first-order chi connectivity index (χ1) is 7.69. The second-order valence-corrected chi connectivity index (χ2v) is 5.21. The van der Waals surface area contributed by atoms with Crippen molar-refractivity contribution in [2.45, 2.75) is 39.7 Å². The van der Waals surface area contributed by atoms with Gasteiger partial charge < -0.3 is 10.2 Å². The summed E-state index contributed by atoms with van der Waals surface area (Å²) >= 11 is 1.80. The molecule has 1 rings (SSSR count). The Balaban J connectivity index is 2.56. The fourth-order valence-corrected chi connectivity index (χ4v) is 2.52. The molecule has 0 saturated heterocycles. The average molecular weight is 241 g/mol. The lowest BCUT2D eigenvalue weighted by molar-refractivity contribution is 0.642. The molecule has 16 heavy (non-hydrogen) atoms. The van der Waals surface area contributed by atoms with Crippen molar-refractivity contribution in [3.8, 4) is 0 Å². The summed E-state index contributed by atoms with van der Waals surface area (Å²) in [5, 5.41) is 4.60. The monoisotopic (exact) mass is 241 g/mol. The molecule has 3 nitrogen and oxygen atoms in total. The molecule has 0 aliphatic heterocycles. The first-order valence-corrected chi connectivity index (χ1v) is 6.87. The van der Waals surface area contributed by atoms with Gasteiger partial charge in [-0.2, -0.15) is 0 Å². The predicted octanol–water partition coefficient (Wildman–Crippen LogP) is 2.66. The van der Waals surface area contributed by atoms with Crippen molar-refractivity contribution in [3.63, 3.8) is 0 Å². The molecule has 92 valence electrons. The molecule has 0 fully saturated rings. The van der Waals surface area contributed by atoms with Gasteiger partial charge in [-0.25, -0.2) is 4.98 Å². The summed E-state index contributed by atoms with van der Waals surface area (Å²) in [6.07, 6.45) is 3.52. The van der Waals surface area contributed by atoms with Gasteiger partial charge in [0.15, 0.2) is 5.13 Å². The minimum absolute atomic E-state index is 0.967. The van der Waals surface area contributed by atoms with E-state index >= 15 is 0 Å². The fraction of sp³-hybridized carbons (Fsp3) is 0.750. The zero-order valence-electron chi connectivity index (χ0n) is 10.8. The van der Waals surface area contributed by atoms with Gasteiger partial charge in [0.2, 0.25) is 0 Å². The molecule has 0 aliphatic rings. The molecule has 1 N–H and O–H groups in total. The van der Waals surface area contributed by atoms with Gasteiger partial charge in [-0.3, -0.25) is 0 Å². The molecule has 0 unspecified atom stereocenters. The highest BCUT2D eigenvalue weighted by molar-refractivity contribution is 7.15. The smallest absolute Gasteiger partial charge is 0.185 e. The minimum atomic E-state index is 0.967. The maximum Gasteiger partial charge on any atom is 0.185 e. The number of thiazole rings is 1. The normalized spacial score (nSPS) is 10.8. The minimum Gasteiger partial charge on any atom is -0.354 e. The van der Waals surface area contributed by atoms with Crippen molar-refractivity contribution in [2.24, 2.45) is 0 Å². The van der Waals surface area contributed by atoms with E-state index in [1.54, 1.807) is 11.3 Å². The second kappa shape index (κ2) is 6.86. The predicted molar refractivity (Wildman–Crippen MR) is 72.4 cm³/mol. The summed E-state index contributed by atoms with van der Waals surface area (Å²) in [6, 6.07) is 0. The van der Waals surface area contributed by atoms with Crippen LogP contribution in [-0.2, 0) is 13.0 Å². The van der Waals surface area contributed by atoms with Gasteiger partial charge in [0, 0.05) is 25.5 Å². The molecular formula is C12H23N3S. The van der Waals surface area contributed by atoms with Crippen LogP contribution in [0.1, 0.15) is 37.3 Å². The van der Waals surface area contributed by atoms with Crippen LogP contribution in [0.4, 0.5) is 5.13 Å². The number of rotatable bonds is 7. The Hall–Kier alpha value is -0.610. The van der Waals surface area contributed by atoms with E-state index in [0.29, 0.717) is 0 Å². The summed E-state index contributed by atoms with van der Waals surface area (Å²) in [7, 11) is 4.10. The van der Waals surface area contributed by atoms with Crippen molar-refractivity contribution >= 4 is 16.5 Å². The van der Waals surface area contributed by atoms with E-state index < -0.39 is 0 Å². The zero-order chi connectivity index (χ0) is 12.0. The zero-order valence-corrected chi connectivity index (χ0v) is 11.7. The third-order valence-electron chi connectivity index (χ3n) is 2.48.